The molecule has 0 aliphatic heterocycles. The Labute approximate surface area is 173 Å². The van der Waals surface area contributed by atoms with Gasteiger partial charge >= 0.3 is 0 Å². The lowest BCUT2D eigenvalue weighted by atomic mass is 9.87. The molecule has 156 valence electrons. The fraction of sp³-hybridized carbons (Fsp3) is 0.417. The molecule has 2 N–H and O–H groups in total. The highest BCUT2D eigenvalue weighted by atomic mass is 16.5. The molecule has 0 saturated carbocycles. The minimum absolute atomic E-state index is 0.0577. The smallest absolute Gasteiger partial charge is 0.265 e. The topological polar surface area (TPSA) is 67.4 Å². The summed E-state index contributed by atoms with van der Waals surface area (Å²) in [7, 11) is 0. The maximum absolute atomic E-state index is 12.8. The second-order valence-corrected chi connectivity index (χ2v) is 8.08. The number of carbonyl (C=O) groups excluding carboxylic acids is 2. The summed E-state index contributed by atoms with van der Waals surface area (Å²) in [6.45, 7) is 10.9. The van der Waals surface area contributed by atoms with Crippen molar-refractivity contribution >= 4 is 17.5 Å². The summed E-state index contributed by atoms with van der Waals surface area (Å²) >= 11 is 0. The van der Waals surface area contributed by atoms with Gasteiger partial charge in [-0.05, 0) is 48.1 Å². The van der Waals surface area contributed by atoms with Gasteiger partial charge in [0.15, 0.2) is 6.10 Å². The van der Waals surface area contributed by atoms with Crippen LogP contribution in [-0.2, 0) is 10.2 Å². The van der Waals surface area contributed by atoms with Crippen molar-refractivity contribution < 1.29 is 14.3 Å². The first kappa shape index (κ1) is 22.5. The summed E-state index contributed by atoms with van der Waals surface area (Å²) in [6, 6.07) is 14.8. The standard InChI is InChI=1S/C24H32N2O3/c1-6-16-25-22(27)19-10-8-9-11-20(19)26-23(28)21(7-2)29-18-14-12-17(13-15-18)24(3,4)5/h8-15,21H,6-7,16H2,1-5H3,(H,25,27)(H,26,28)/t21-/m0/s1. The molecule has 2 amide bonds. The zero-order valence-corrected chi connectivity index (χ0v) is 18.0. The van der Waals surface area contributed by atoms with Gasteiger partial charge in [0.1, 0.15) is 5.75 Å². The summed E-state index contributed by atoms with van der Waals surface area (Å²) < 4.78 is 5.92. The Kier molecular flexibility index (Phi) is 7.82. The van der Waals surface area contributed by atoms with Gasteiger partial charge in [-0.2, -0.15) is 0 Å². The molecule has 0 bridgehead atoms. The van der Waals surface area contributed by atoms with E-state index in [0.29, 0.717) is 30.0 Å². The molecular formula is C24H32N2O3. The lowest BCUT2D eigenvalue weighted by Crippen LogP contribution is -2.33. The van der Waals surface area contributed by atoms with Crippen molar-refractivity contribution in [1.82, 2.24) is 5.32 Å². The van der Waals surface area contributed by atoms with Crippen LogP contribution in [0.4, 0.5) is 5.69 Å². The van der Waals surface area contributed by atoms with Crippen LogP contribution < -0.4 is 15.4 Å². The molecule has 0 unspecified atom stereocenters. The van der Waals surface area contributed by atoms with E-state index >= 15 is 0 Å². The Morgan fingerprint density at radius 3 is 2.24 bits per heavy atom. The average Bonchev–Trinajstić information content (AvgIpc) is 2.70. The van der Waals surface area contributed by atoms with Crippen molar-refractivity contribution in [3.05, 3.63) is 59.7 Å². The van der Waals surface area contributed by atoms with E-state index in [2.05, 4.69) is 31.4 Å². The third-order valence-corrected chi connectivity index (χ3v) is 4.63. The minimum Gasteiger partial charge on any atom is -0.481 e. The summed E-state index contributed by atoms with van der Waals surface area (Å²) in [4.78, 5) is 25.2. The predicted molar refractivity (Wildman–Crippen MR) is 118 cm³/mol. The van der Waals surface area contributed by atoms with E-state index in [-0.39, 0.29) is 17.2 Å². The van der Waals surface area contributed by atoms with Crippen molar-refractivity contribution in [3.63, 3.8) is 0 Å². The predicted octanol–water partition coefficient (Wildman–Crippen LogP) is 4.92. The van der Waals surface area contributed by atoms with E-state index in [9.17, 15) is 9.59 Å². The van der Waals surface area contributed by atoms with Crippen molar-refractivity contribution in [2.45, 2.75) is 59.0 Å². The zero-order chi connectivity index (χ0) is 21.4. The molecular weight excluding hydrogens is 364 g/mol. The van der Waals surface area contributed by atoms with E-state index in [0.717, 1.165) is 6.42 Å². The molecule has 0 heterocycles. The second kappa shape index (κ2) is 10.1. The highest BCUT2D eigenvalue weighted by Gasteiger charge is 2.21. The number of carbonyl (C=O) groups is 2. The summed E-state index contributed by atoms with van der Waals surface area (Å²) in [6.07, 6.45) is 0.708. The summed E-state index contributed by atoms with van der Waals surface area (Å²) in [5, 5.41) is 5.69. The van der Waals surface area contributed by atoms with Crippen LogP contribution in [0.2, 0.25) is 0 Å². The van der Waals surface area contributed by atoms with Gasteiger partial charge in [-0.25, -0.2) is 0 Å². The van der Waals surface area contributed by atoms with E-state index < -0.39 is 6.10 Å². The van der Waals surface area contributed by atoms with Crippen LogP contribution in [0, 0.1) is 0 Å². The normalized spacial score (nSPS) is 12.2. The molecule has 0 saturated heterocycles. The number of nitrogens with one attached hydrogen (secondary N) is 2. The molecule has 0 radical (unpaired) electrons. The van der Waals surface area contributed by atoms with E-state index in [1.165, 1.54) is 5.56 Å². The highest BCUT2D eigenvalue weighted by molar-refractivity contribution is 6.04. The number of anilines is 1. The molecule has 0 spiro atoms. The van der Waals surface area contributed by atoms with E-state index in [1.807, 2.05) is 38.1 Å². The van der Waals surface area contributed by atoms with Gasteiger partial charge in [0.2, 0.25) is 0 Å². The molecule has 5 nitrogen and oxygen atoms in total. The molecule has 29 heavy (non-hydrogen) atoms. The van der Waals surface area contributed by atoms with Gasteiger partial charge in [0.25, 0.3) is 11.8 Å². The SMILES string of the molecule is CCCNC(=O)c1ccccc1NC(=O)[C@H](CC)Oc1ccc(C(C)(C)C)cc1. The number of benzene rings is 2. The molecule has 0 fully saturated rings. The minimum atomic E-state index is -0.651. The maximum atomic E-state index is 12.8. The first-order valence-corrected chi connectivity index (χ1v) is 10.2. The van der Waals surface area contributed by atoms with Gasteiger partial charge in [-0.1, -0.05) is 58.9 Å². The number of ether oxygens (including phenoxy) is 1. The summed E-state index contributed by atoms with van der Waals surface area (Å²) in [5.41, 5.74) is 2.19. The number of hydrogen-bond donors (Lipinski definition) is 2. The van der Waals surface area contributed by atoms with Crippen molar-refractivity contribution in [2.24, 2.45) is 0 Å². The molecule has 2 aromatic carbocycles. The van der Waals surface area contributed by atoms with E-state index in [4.69, 9.17) is 4.74 Å². The van der Waals surface area contributed by atoms with Gasteiger partial charge < -0.3 is 15.4 Å². The molecule has 5 heteroatoms. The zero-order valence-electron chi connectivity index (χ0n) is 18.0. The molecule has 1 atom stereocenters. The fourth-order valence-corrected chi connectivity index (χ4v) is 2.86. The van der Waals surface area contributed by atoms with Crippen LogP contribution in [0.5, 0.6) is 5.75 Å². The molecule has 0 aliphatic rings. The first-order valence-electron chi connectivity index (χ1n) is 10.2. The molecule has 0 aliphatic carbocycles. The van der Waals surface area contributed by atoms with Crippen molar-refractivity contribution in [2.75, 3.05) is 11.9 Å². The van der Waals surface area contributed by atoms with Gasteiger partial charge in [-0.15, -0.1) is 0 Å². The Morgan fingerprint density at radius 2 is 1.66 bits per heavy atom. The first-order chi connectivity index (χ1) is 13.8. The van der Waals surface area contributed by atoms with Gasteiger partial charge in [0.05, 0.1) is 11.3 Å². The van der Waals surface area contributed by atoms with Crippen LogP contribution in [-0.4, -0.2) is 24.5 Å². The number of amides is 2. The van der Waals surface area contributed by atoms with Gasteiger partial charge in [-0.3, -0.25) is 9.59 Å². The molecule has 0 aromatic heterocycles. The van der Waals surface area contributed by atoms with Crippen molar-refractivity contribution in [1.29, 1.82) is 0 Å². The second-order valence-electron chi connectivity index (χ2n) is 8.08. The van der Waals surface area contributed by atoms with Crippen LogP contribution in [0.3, 0.4) is 0 Å². The third kappa shape index (κ3) is 6.34. The summed E-state index contributed by atoms with van der Waals surface area (Å²) in [5.74, 6) is 0.173. The quantitative estimate of drug-likeness (QED) is 0.665. The molecule has 2 aromatic rings. The van der Waals surface area contributed by atoms with Crippen LogP contribution in [0.1, 0.15) is 63.4 Å². The van der Waals surface area contributed by atoms with Crippen LogP contribution in [0.25, 0.3) is 0 Å². The Hall–Kier alpha value is -2.82. The Morgan fingerprint density at radius 1 is 1.00 bits per heavy atom. The van der Waals surface area contributed by atoms with Crippen LogP contribution in [0.15, 0.2) is 48.5 Å². The lowest BCUT2D eigenvalue weighted by molar-refractivity contribution is -0.122. The molecule has 2 rings (SSSR count). The van der Waals surface area contributed by atoms with Crippen molar-refractivity contribution in [3.8, 4) is 5.75 Å². The average molecular weight is 397 g/mol. The van der Waals surface area contributed by atoms with Crippen LogP contribution >= 0.6 is 0 Å². The lowest BCUT2D eigenvalue weighted by Gasteiger charge is -2.21. The maximum Gasteiger partial charge on any atom is 0.265 e. The van der Waals surface area contributed by atoms with Gasteiger partial charge in [0, 0.05) is 6.54 Å². The number of rotatable bonds is 8. The third-order valence-electron chi connectivity index (χ3n) is 4.63. The fourth-order valence-electron chi connectivity index (χ4n) is 2.86. The Balaban J connectivity index is 2.10. The number of hydrogen-bond acceptors (Lipinski definition) is 3. The monoisotopic (exact) mass is 396 g/mol. The number of para-hydroxylation sites is 1. The highest BCUT2D eigenvalue weighted by Crippen LogP contribution is 2.25. The van der Waals surface area contributed by atoms with E-state index in [1.54, 1.807) is 24.3 Å². The largest absolute Gasteiger partial charge is 0.481 e. The Bertz CT molecular complexity index is 823.